The molecule has 0 aliphatic rings. The van der Waals surface area contributed by atoms with E-state index in [1.807, 2.05) is 18.2 Å². The van der Waals surface area contributed by atoms with Gasteiger partial charge in [-0.2, -0.15) is 0 Å². The minimum atomic E-state index is -0.309. The van der Waals surface area contributed by atoms with Gasteiger partial charge in [0.15, 0.2) is 0 Å². The molecule has 0 rings (SSSR count). The molecule has 4 nitrogen and oxygen atoms in total. The van der Waals surface area contributed by atoms with Gasteiger partial charge in [-0.25, -0.2) is 0 Å². The van der Waals surface area contributed by atoms with Gasteiger partial charge >= 0.3 is 0 Å². The highest BCUT2D eigenvalue weighted by Gasteiger charge is 1.99. The van der Waals surface area contributed by atoms with Gasteiger partial charge in [0, 0.05) is 13.0 Å². The normalized spacial score (nSPS) is 13.0. The molecule has 140 valence electrons. The maximum Gasteiger partial charge on any atom is 0.220 e. The third-order valence-corrected chi connectivity index (χ3v) is 3.89. The van der Waals surface area contributed by atoms with Gasteiger partial charge in [-0.1, -0.05) is 69.8 Å². The summed E-state index contributed by atoms with van der Waals surface area (Å²) < 4.78 is 0. The lowest BCUT2D eigenvalue weighted by Gasteiger charge is -2.03. The van der Waals surface area contributed by atoms with Gasteiger partial charge in [-0.15, -0.1) is 0 Å². The summed E-state index contributed by atoms with van der Waals surface area (Å²) in [5.74, 6) is 0.0376. The maximum absolute atomic E-state index is 11.3. The molecule has 0 fully saturated rings. The fraction of sp³-hybridized carbons (Fsp3) is 0.750. The number of carbonyl (C=O) groups is 1. The SMILES string of the molecule is CCCCC[C@H](O)/C=C/C=C/CCCCCCCC(=O)NCCO. The van der Waals surface area contributed by atoms with E-state index in [0.29, 0.717) is 13.0 Å². The first-order valence-corrected chi connectivity index (χ1v) is 9.59. The largest absolute Gasteiger partial charge is 0.395 e. The molecule has 0 saturated carbocycles. The van der Waals surface area contributed by atoms with Gasteiger partial charge in [0.2, 0.25) is 5.91 Å². The van der Waals surface area contributed by atoms with Crippen molar-refractivity contribution in [2.45, 2.75) is 83.7 Å². The van der Waals surface area contributed by atoms with E-state index in [1.54, 1.807) is 0 Å². The highest BCUT2D eigenvalue weighted by Crippen LogP contribution is 2.08. The molecule has 0 aromatic rings. The van der Waals surface area contributed by atoms with E-state index < -0.39 is 0 Å². The van der Waals surface area contributed by atoms with Crippen LogP contribution in [0.2, 0.25) is 0 Å². The molecule has 0 radical (unpaired) electrons. The first-order valence-electron chi connectivity index (χ1n) is 9.59. The molecule has 0 aromatic carbocycles. The second kappa shape index (κ2) is 18.2. The molecule has 1 amide bonds. The van der Waals surface area contributed by atoms with Crippen molar-refractivity contribution in [1.29, 1.82) is 0 Å². The van der Waals surface area contributed by atoms with Crippen molar-refractivity contribution in [2.24, 2.45) is 0 Å². The summed E-state index contributed by atoms with van der Waals surface area (Å²) in [4.78, 5) is 11.3. The molecule has 3 N–H and O–H groups in total. The molecule has 0 saturated heterocycles. The summed E-state index contributed by atoms with van der Waals surface area (Å²) in [6.07, 6.45) is 19.1. The molecule has 4 heteroatoms. The molecular weight excluding hydrogens is 302 g/mol. The van der Waals surface area contributed by atoms with Crippen molar-refractivity contribution in [3.8, 4) is 0 Å². The van der Waals surface area contributed by atoms with Crippen LogP contribution in [0.1, 0.15) is 77.6 Å². The van der Waals surface area contributed by atoms with Crippen molar-refractivity contribution in [2.75, 3.05) is 13.2 Å². The zero-order valence-corrected chi connectivity index (χ0v) is 15.4. The third kappa shape index (κ3) is 17.2. The number of aliphatic hydroxyl groups is 2. The van der Waals surface area contributed by atoms with Crippen molar-refractivity contribution in [3.63, 3.8) is 0 Å². The zero-order chi connectivity index (χ0) is 17.9. The van der Waals surface area contributed by atoms with Crippen molar-refractivity contribution in [3.05, 3.63) is 24.3 Å². The van der Waals surface area contributed by atoms with Gasteiger partial charge < -0.3 is 15.5 Å². The number of aliphatic hydroxyl groups excluding tert-OH is 2. The van der Waals surface area contributed by atoms with E-state index in [2.05, 4.69) is 18.3 Å². The zero-order valence-electron chi connectivity index (χ0n) is 15.4. The monoisotopic (exact) mass is 339 g/mol. The van der Waals surface area contributed by atoms with Crippen molar-refractivity contribution in [1.82, 2.24) is 5.32 Å². The summed E-state index contributed by atoms with van der Waals surface area (Å²) in [7, 11) is 0. The number of unbranched alkanes of at least 4 members (excludes halogenated alkanes) is 7. The minimum absolute atomic E-state index is 0.00621. The minimum Gasteiger partial charge on any atom is -0.395 e. The molecule has 0 aliphatic carbocycles. The number of nitrogens with one attached hydrogen (secondary N) is 1. The predicted molar refractivity (Wildman–Crippen MR) is 101 cm³/mol. The van der Waals surface area contributed by atoms with Crippen LogP contribution in [0.4, 0.5) is 0 Å². The van der Waals surface area contributed by atoms with Crippen LogP contribution in [0.15, 0.2) is 24.3 Å². The Morgan fingerprint density at radius 2 is 1.79 bits per heavy atom. The highest BCUT2D eigenvalue weighted by atomic mass is 16.3. The van der Waals surface area contributed by atoms with E-state index in [4.69, 9.17) is 5.11 Å². The van der Waals surface area contributed by atoms with Crippen LogP contribution in [0, 0.1) is 0 Å². The summed E-state index contributed by atoms with van der Waals surface area (Å²) >= 11 is 0. The first-order chi connectivity index (χ1) is 11.7. The number of rotatable bonds is 16. The summed E-state index contributed by atoms with van der Waals surface area (Å²) in [6, 6.07) is 0. The Morgan fingerprint density at radius 3 is 2.54 bits per heavy atom. The molecule has 24 heavy (non-hydrogen) atoms. The topological polar surface area (TPSA) is 69.6 Å². The van der Waals surface area contributed by atoms with Gasteiger partial charge in [0.25, 0.3) is 0 Å². The van der Waals surface area contributed by atoms with Crippen LogP contribution in [-0.2, 0) is 4.79 Å². The quantitative estimate of drug-likeness (QED) is 0.295. The Morgan fingerprint density at radius 1 is 1.04 bits per heavy atom. The average Bonchev–Trinajstić information content (AvgIpc) is 2.58. The summed E-state index contributed by atoms with van der Waals surface area (Å²) in [5.41, 5.74) is 0. The van der Waals surface area contributed by atoms with Gasteiger partial charge in [-0.05, 0) is 25.7 Å². The van der Waals surface area contributed by atoms with Crippen LogP contribution in [0.25, 0.3) is 0 Å². The van der Waals surface area contributed by atoms with Crippen LogP contribution in [0.5, 0.6) is 0 Å². The Labute approximate surface area is 148 Å². The molecule has 0 aliphatic heterocycles. The Bertz CT molecular complexity index is 340. The second-order valence-electron chi connectivity index (χ2n) is 6.26. The lowest BCUT2D eigenvalue weighted by Crippen LogP contribution is -2.25. The Balaban J connectivity index is 3.38. The van der Waals surface area contributed by atoms with Gasteiger partial charge in [-0.3, -0.25) is 4.79 Å². The van der Waals surface area contributed by atoms with Crippen molar-refractivity contribution < 1.29 is 15.0 Å². The lowest BCUT2D eigenvalue weighted by molar-refractivity contribution is -0.121. The Kier molecular flexibility index (Phi) is 17.4. The molecule has 1 atom stereocenters. The van der Waals surface area contributed by atoms with Crippen molar-refractivity contribution >= 4 is 5.91 Å². The Hall–Kier alpha value is -1.13. The third-order valence-electron chi connectivity index (χ3n) is 3.89. The lowest BCUT2D eigenvalue weighted by atomic mass is 10.1. The fourth-order valence-electron chi connectivity index (χ4n) is 2.43. The predicted octanol–water partition coefficient (Wildman–Crippen LogP) is 3.88. The van der Waals surface area contributed by atoms with E-state index in [0.717, 1.165) is 38.5 Å². The smallest absolute Gasteiger partial charge is 0.220 e. The molecule has 0 heterocycles. The summed E-state index contributed by atoms with van der Waals surface area (Å²) in [6.45, 7) is 2.53. The number of amides is 1. The molecule has 0 aromatic heterocycles. The van der Waals surface area contributed by atoms with Crippen LogP contribution in [-0.4, -0.2) is 35.4 Å². The number of carbonyl (C=O) groups excluding carboxylic acids is 1. The second-order valence-corrected chi connectivity index (χ2v) is 6.26. The standard InChI is InChI=1S/C20H37NO3/c1-2-3-11-14-19(23)15-12-9-7-5-4-6-8-10-13-16-20(24)21-17-18-22/h7,9,12,15,19,22-23H,2-6,8,10-11,13-14,16-18H2,1H3,(H,21,24)/b9-7+,15-12+/t19-/m0/s1. The number of allylic oxidation sites excluding steroid dienone is 3. The molecular formula is C20H37NO3. The van der Waals surface area contributed by atoms with Gasteiger partial charge in [0.05, 0.1) is 12.7 Å². The van der Waals surface area contributed by atoms with E-state index >= 15 is 0 Å². The first kappa shape index (κ1) is 22.9. The van der Waals surface area contributed by atoms with E-state index in [-0.39, 0.29) is 18.6 Å². The van der Waals surface area contributed by atoms with E-state index in [1.165, 1.54) is 25.7 Å². The molecule has 0 bridgehead atoms. The van der Waals surface area contributed by atoms with Gasteiger partial charge in [0.1, 0.15) is 0 Å². The summed E-state index contributed by atoms with van der Waals surface area (Å²) in [5, 5.41) is 21.0. The molecule has 0 unspecified atom stereocenters. The average molecular weight is 340 g/mol. The molecule has 0 spiro atoms. The van der Waals surface area contributed by atoms with E-state index in [9.17, 15) is 9.90 Å². The number of hydrogen-bond acceptors (Lipinski definition) is 3. The maximum atomic E-state index is 11.3. The van der Waals surface area contributed by atoms with Crippen LogP contribution in [0.3, 0.4) is 0 Å². The van der Waals surface area contributed by atoms with Crippen LogP contribution < -0.4 is 5.32 Å². The highest BCUT2D eigenvalue weighted by molar-refractivity contribution is 5.75. The fourth-order valence-corrected chi connectivity index (χ4v) is 2.43. The van der Waals surface area contributed by atoms with Crippen LogP contribution >= 0.6 is 0 Å². The number of hydrogen-bond donors (Lipinski definition) is 3.